The molecule has 2 aliphatic carbocycles. The molecular weight excluding hydrogens is 359 g/mol. The van der Waals surface area contributed by atoms with Crippen molar-refractivity contribution in [1.29, 1.82) is 0 Å². The maximum Gasteiger partial charge on any atom is 0.195 e. The Morgan fingerprint density at radius 1 is 1.00 bits per heavy atom. The van der Waals surface area contributed by atoms with Crippen LogP contribution in [0.4, 0.5) is 0 Å². The molecule has 0 amide bonds. The predicted molar refractivity (Wildman–Crippen MR) is 111 cm³/mol. The molecule has 0 N–H and O–H groups in total. The second-order valence-corrected chi connectivity index (χ2v) is 13.2. The Balaban J connectivity index is 1.71. The molecule has 2 fully saturated rings. The van der Waals surface area contributed by atoms with Gasteiger partial charge in [0.1, 0.15) is 5.78 Å². The van der Waals surface area contributed by atoms with E-state index in [1.54, 1.807) is 0 Å². The predicted octanol–water partition coefficient (Wildman–Crippen LogP) is 5.04. The smallest absolute Gasteiger partial charge is 0.195 e. The van der Waals surface area contributed by atoms with Crippen molar-refractivity contribution in [3.05, 3.63) is 60.7 Å². The highest BCUT2D eigenvalue weighted by Crippen LogP contribution is 2.68. The van der Waals surface area contributed by atoms with Crippen LogP contribution in [0.1, 0.15) is 33.1 Å². The van der Waals surface area contributed by atoms with E-state index >= 15 is 0 Å². The van der Waals surface area contributed by atoms with Crippen LogP contribution in [0.25, 0.3) is 0 Å². The maximum atomic E-state index is 14.2. The van der Waals surface area contributed by atoms with Crippen molar-refractivity contribution in [3.63, 3.8) is 0 Å². The van der Waals surface area contributed by atoms with Gasteiger partial charge in [-0.05, 0) is 24.2 Å². The molecule has 0 aromatic heterocycles. The van der Waals surface area contributed by atoms with Gasteiger partial charge in [-0.3, -0.25) is 4.79 Å². The van der Waals surface area contributed by atoms with E-state index in [9.17, 15) is 9.36 Å². The average Bonchev–Trinajstić information content (AvgIpc) is 3.02. The number of Topliss-reactive ketones (excluding diaryl/α,β-unsaturated/α-hetero) is 1. The number of carbonyl (C=O) groups is 1. The zero-order valence-corrected chi connectivity index (χ0v) is 17.1. The molecule has 26 heavy (non-hydrogen) atoms. The van der Waals surface area contributed by atoms with Gasteiger partial charge in [0.2, 0.25) is 0 Å². The molecule has 2 aliphatic rings. The molecule has 0 radical (unpaired) electrons. The summed E-state index contributed by atoms with van der Waals surface area (Å²) in [5.41, 5.74) is -0.309. The molecule has 2 atom stereocenters. The second-order valence-electron chi connectivity index (χ2n) is 8.16. The van der Waals surface area contributed by atoms with Crippen molar-refractivity contribution >= 4 is 34.1 Å². The quantitative estimate of drug-likeness (QED) is 0.677. The molecule has 2 saturated carbocycles. The summed E-state index contributed by atoms with van der Waals surface area (Å²) in [5.74, 6) is 1.53. The lowest BCUT2D eigenvalue weighted by molar-refractivity contribution is -0.127. The van der Waals surface area contributed by atoms with Crippen molar-refractivity contribution in [1.82, 2.24) is 0 Å². The zero-order valence-electron chi connectivity index (χ0n) is 15.4. The Hall–Kier alpha value is -1.31. The zero-order chi connectivity index (χ0) is 18.4. The first-order valence-electron chi connectivity index (χ1n) is 9.29. The van der Waals surface area contributed by atoms with Gasteiger partial charge in [0.25, 0.3) is 0 Å². The highest BCUT2D eigenvalue weighted by atomic mass is 32.7. The van der Waals surface area contributed by atoms with Crippen LogP contribution in [0.2, 0.25) is 0 Å². The molecule has 136 valence electrons. The van der Waals surface area contributed by atoms with Gasteiger partial charge in [-0.2, -0.15) is 0 Å². The Morgan fingerprint density at radius 2 is 1.54 bits per heavy atom. The lowest BCUT2D eigenvalue weighted by Crippen LogP contribution is -2.38. The van der Waals surface area contributed by atoms with Crippen LogP contribution in [0, 0.1) is 16.7 Å². The fourth-order valence-electron chi connectivity index (χ4n) is 4.86. The molecule has 0 saturated heterocycles. The molecule has 0 unspecified atom stereocenters. The molecule has 4 heteroatoms. The third kappa shape index (κ3) is 2.55. The highest BCUT2D eigenvalue weighted by Gasteiger charge is 2.64. The summed E-state index contributed by atoms with van der Waals surface area (Å²) in [5, 5.41) is 1.73. The van der Waals surface area contributed by atoms with Crippen LogP contribution in [0.5, 0.6) is 0 Å². The molecular formula is C22H25O2PS. The minimum Gasteiger partial charge on any atom is -0.302 e. The molecule has 4 rings (SSSR count). The normalized spacial score (nSPS) is 27.0. The number of benzene rings is 2. The van der Waals surface area contributed by atoms with E-state index in [0.717, 1.165) is 23.5 Å². The third-order valence-corrected chi connectivity index (χ3v) is 12.5. The van der Waals surface area contributed by atoms with E-state index in [-0.39, 0.29) is 10.8 Å². The Morgan fingerprint density at radius 3 is 1.96 bits per heavy atom. The fourth-order valence-corrected chi connectivity index (χ4v) is 10.5. The summed E-state index contributed by atoms with van der Waals surface area (Å²) in [6.45, 7) is 4.48. The number of rotatable bonds is 5. The van der Waals surface area contributed by atoms with Gasteiger partial charge in [0.15, 0.2) is 6.34 Å². The van der Waals surface area contributed by atoms with Gasteiger partial charge in [0.05, 0.1) is 0 Å². The van der Waals surface area contributed by atoms with Crippen LogP contribution in [0.3, 0.4) is 0 Å². The summed E-state index contributed by atoms with van der Waals surface area (Å²) in [6, 6.07) is 19.5. The minimum absolute atomic E-state index is 0.00922. The lowest BCUT2D eigenvalue weighted by atomic mass is 9.70. The maximum absolute atomic E-state index is 14.2. The van der Waals surface area contributed by atoms with Gasteiger partial charge in [0, 0.05) is 28.2 Å². The van der Waals surface area contributed by atoms with E-state index in [4.69, 9.17) is 0 Å². The van der Waals surface area contributed by atoms with E-state index in [2.05, 4.69) is 13.8 Å². The molecule has 0 aliphatic heterocycles. The molecule has 0 heterocycles. The van der Waals surface area contributed by atoms with Gasteiger partial charge in [-0.25, -0.2) is 0 Å². The third-order valence-electron chi connectivity index (χ3n) is 6.82. The Kier molecular flexibility index (Phi) is 4.44. The van der Waals surface area contributed by atoms with Crippen LogP contribution < -0.4 is 10.6 Å². The first kappa shape index (κ1) is 18.1. The standard InChI is InChI=1S/C22H25O2PS/c1-21(2)17-13-14-22(21,20(23)15-17)16-26-25(24,18-9-5-3-6-10-18)19-11-7-4-8-12-19/h3-12,17H,13-16H2,1-2H3/t17-,22-/m1/s1. The first-order chi connectivity index (χ1) is 12.4. The highest BCUT2D eigenvalue weighted by molar-refractivity contribution is 8.62. The summed E-state index contributed by atoms with van der Waals surface area (Å²) >= 11 is 1.52. The number of ketones is 1. The number of hydrogen-bond donors (Lipinski definition) is 0. The van der Waals surface area contributed by atoms with Crippen LogP contribution in [-0.4, -0.2) is 11.5 Å². The largest absolute Gasteiger partial charge is 0.302 e. The summed E-state index contributed by atoms with van der Waals surface area (Å²) < 4.78 is 14.2. The number of carbonyl (C=O) groups excluding carboxylic acids is 1. The van der Waals surface area contributed by atoms with Crippen molar-refractivity contribution in [3.8, 4) is 0 Å². The van der Waals surface area contributed by atoms with Crippen molar-refractivity contribution < 1.29 is 9.36 Å². The van der Waals surface area contributed by atoms with Crippen LogP contribution in [-0.2, 0) is 9.36 Å². The van der Waals surface area contributed by atoms with E-state index < -0.39 is 6.34 Å². The van der Waals surface area contributed by atoms with E-state index in [1.165, 1.54) is 11.4 Å². The summed E-state index contributed by atoms with van der Waals surface area (Å²) in [6.07, 6.45) is -0.0595. The minimum atomic E-state index is -2.83. The van der Waals surface area contributed by atoms with Crippen molar-refractivity contribution in [2.45, 2.75) is 33.1 Å². The van der Waals surface area contributed by atoms with Crippen molar-refractivity contribution in [2.24, 2.45) is 16.7 Å². The lowest BCUT2D eigenvalue weighted by Gasteiger charge is -2.37. The molecule has 2 nitrogen and oxygen atoms in total. The van der Waals surface area contributed by atoms with Crippen LogP contribution in [0.15, 0.2) is 60.7 Å². The molecule has 2 aromatic carbocycles. The summed E-state index contributed by atoms with van der Waals surface area (Å²) in [7, 11) is 0. The molecule has 2 bridgehead atoms. The fraction of sp³-hybridized carbons (Fsp3) is 0.409. The van der Waals surface area contributed by atoms with Gasteiger partial charge >= 0.3 is 0 Å². The van der Waals surface area contributed by atoms with E-state index in [1.807, 2.05) is 60.7 Å². The average molecular weight is 384 g/mol. The summed E-state index contributed by atoms with van der Waals surface area (Å²) in [4.78, 5) is 12.9. The number of fused-ring (bicyclic) bond motifs is 2. The van der Waals surface area contributed by atoms with E-state index in [0.29, 0.717) is 23.9 Å². The second kappa shape index (κ2) is 6.39. The monoisotopic (exact) mass is 384 g/mol. The van der Waals surface area contributed by atoms with Gasteiger partial charge < -0.3 is 4.57 Å². The van der Waals surface area contributed by atoms with Gasteiger partial charge in [-0.1, -0.05) is 85.9 Å². The molecule has 0 spiro atoms. The van der Waals surface area contributed by atoms with Gasteiger partial charge in [-0.15, -0.1) is 0 Å². The first-order valence-corrected chi connectivity index (χ1v) is 12.6. The molecule has 2 aromatic rings. The number of hydrogen-bond acceptors (Lipinski definition) is 3. The topological polar surface area (TPSA) is 34.1 Å². The Bertz CT molecular complexity index is 819. The Labute approximate surface area is 159 Å². The van der Waals surface area contributed by atoms with Crippen LogP contribution >= 0.6 is 17.7 Å². The SMILES string of the molecule is CC1(C)[C@@H]2CC[C@@]1(CSP(=O)(c1ccccc1)c1ccccc1)C(=O)C2. The van der Waals surface area contributed by atoms with Crippen molar-refractivity contribution in [2.75, 3.05) is 5.75 Å².